The van der Waals surface area contributed by atoms with Gasteiger partial charge >= 0.3 is 11.9 Å². The summed E-state index contributed by atoms with van der Waals surface area (Å²) in [6.07, 6.45) is 6.42. The van der Waals surface area contributed by atoms with Crippen molar-refractivity contribution in [2.45, 2.75) is 5.54 Å². The van der Waals surface area contributed by atoms with Crippen LogP contribution in [-0.2, 0) is 10.3 Å². The normalized spacial score (nSPS) is 21.3. The number of anilines is 1. The average molecular weight is 350 g/mol. The van der Waals surface area contributed by atoms with Crippen LogP contribution in [0.25, 0.3) is 0 Å². The molecule has 0 aromatic heterocycles. The number of hydrogen-bond donors (Lipinski definition) is 3. The number of hydrogen-bond acceptors (Lipinski definition) is 5. The van der Waals surface area contributed by atoms with Crippen molar-refractivity contribution in [3.05, 3.63) is 84.0 Å². The Morgan fingerprint density at radius 2 is 1.73 bits per heavy atom. The minimum Gasteiger partial charge on any atom is -0.481 e. The largest absolute Gasteiger partial charge is 0.481 e. The number of aliphatic carboxylic acids is 1. The third-order valence-corrected chi connectivity index (χ3v) is 4.27. The van der Waals surface area contributed by atoms with E-state index in [4.69, 9.17) is 16.2 Å². The van der Waals surface area contributed by atoms with Gasteiger partial charge in [0.1, 0.15) is 11.7 Å². The second kappa shape index (κ2) is 6.85. The van der Waals surface area contributed by atoms with Crippen molar-refractivity contribution in [2.75, 3.05) is 5.73 Å². The lowest BCUT2D eigenvalue weighted by atomic mass is 9.76. The average Bonchev–Trinajstić information content (AvgIpc) is 2.62. The van der Waals surface area contributed by atoms with E-state index in [2.05, 4.69) is 0 Å². The Morgan fingerprint density at radius 1 is 1.04 bits per heavy atom. The number of benzene rings is 2. The lowest BCUT2D eigenvalue weighted by Gasteiger charge is -2.33. The third-order valence-electron chi connectivity index (χ3n) is 4.27. The van der Waals surface area contributed by atoms with E-state index >= 15 is 0 Å². The molecule has 0 spiro atoms. The number of para-hydroxylation sites is 1. The zero-order valence-corrected chi connectivity index (χ0v) is 13.8. The first-order chi connectivity index (χ1) is 12.4. The Kier molecular flexibility index (Phi) is 4.60. The Morgan fingerprint density at radius 3 is 2.42 bits per heavy atom. The summed E-state index contributed by atoms with van der Waals surface area (Å²) in [4.78, 5) is 24.1. The van der Waals surface area contributed by atoms with E-state index in [9.17, 15) is 14.7 Å². The van der Waals surface area contributed by atoms with Crippen molar-refractivity contribution < 1.29 is 19.4 Å². The van der Waals surface area contributed by atoms with Crippen LogP contribution in [0.2, 0.25) is 0 Å². The Balaban J connectivity index is 1.97. The maximum atomic E-state index is 12.4. The van der Waals surface area contributed by atoms with Gasteiger partial charge in [-0.1, -0.05) is 42.5 Å². The SMILES string of the molecule is Nc1ccc(C(=O)Oc2ccccc2C2(N)C=CC=CC2C(=O)O)cc1. The van der Waals surface area contributed by atoms with Gasteiger partial charge in [-0.15, -0.1) is 0 Å². The molecular formula is C20H18N2O4. The highest BCUT2D eigenvalue weighted by atomic mass is 16.5. The van der Waals surface area contributed by atoms with Gasteiger partial charge in [-0.05, 0) is 30.3 Å². The summed E-state index contributed by atoms with van der Waals surface area (Å²) in [5.74, 6) is -2.41. The highest BCUT2D eigenvalue weighted by molar-refractivity contribution is 5.91. The van der Waals surface area contributed by atoms with Gasteiger partial charge in [0.15, 0.2) is 0 Å². The maximum absolute atomic E-state index is 12.4. The van der Waals surface area contributed by atoms with Crippen molar-refractivity contribution in [1.29, 1.82) is 0 Å². The van der Waals surface area contributed by atoms with Crippen LogP contribution in [0.1, 0.15) is 15.9 Å². The first kappa shape index (κ1) is 17.4. The highest BCUT2D eigenvalue weighted by Crippen LogP contribution is 2.38. The fraction of sp³-hybridized carbons (Fsp3) is 0.100. The van der Waals surface area contributed by atoms with E-state index in [1.165, 1.54) is 6.08 Å². The van der Waals surface area contributed by atoms with Crippen LogP contribution in [-0.4, -0.2) is 17.0 Å². The molecule has 0 aliphatic heterocycles. The molecule has 0 bridgehead atoms. The molecule has 0 fully saturated rings. The van der Waals surface area contributed by atoms with E-state index in [-0.39, 0.29) is 5.75 Å². The van der Waals surface area contributed by atoms with E-state index < -0.39 is 23.4 Å². The molecule has 6 heteroatoms. The minimum absolute atomic E-state index is 0.211. The van der Waals surface area contributed by atoms with Crippen molar-refractivity contribution >= 4 is 17.6 Å². The summed E-state index contributed by atoms with van der Waals surface area (Å²) in [6.45, 7) is 0. The zero-order valence-electron chi connectivity index (χ0n) is 13.8. The molecule has 2 aromatic carbocycles. The second-order valence-electron chi connectivity index (χ2n) is 6.00. The van der Waals surface area contributed by atoms with Crippen LogP contribution in [0, 0.1) is 5.92 Å². The number of carbonyl (C=O) groups is 2. The molecule has 2 unspecified atom stereocenters. The second-order valence-corrected chi connectivity index (χ2v) is 6.00. The number of nitrogens with two attached hydrogens (primary N) is 2. The molecule has 3 rings (SSSR count). The maximum Gasteiger partial charge on any atom is 0.343 e. The first-order valence-electron chi connectivity index (χ1n) is 7.97. The Hall–Kier alpha value is -3.38. The van der Waals surface area contributed by atoms with Crippen LogP contribution in [0.5, 0.6) is 5.75 Å². The van der Waals surface area contributed by atoms with E-state index in [1.54, 1.807) is 66.8 Å². The molecule has 0 saturated heterocycles. The fourth-order valence-corrected chi connectivity index (χ4v) is 2.89. The van der Waals surface area contributed by atoms with Gasteiger partial charge in [-0.3, -0.25) is 4.79 Å². The lowest BCUT2D eigenvalue weighted by Crippen LogP contribution is -2.46. The molecule has 0 heterocycles. The molecule has 5 N–H and O–H groups in total. The van der Waals surface area contributed by atoms with Crippen molar-refractivity contribution in [3.8, 4) is 5.75 Å². The summed E-state index contributed by atoms with van der Waals surface area (Å²) in [6, 6.07) is 13.0. The van der Waals surface area contributed by atoms with Crippen LogP contribution < -0.4 is 16.2 Å². The number of allylic oxidation sites excluding steroid dienone is 2. The predicted octanol–water partition coefficient (Wildman–Crippen LogP) is 2.47. The number of carboxylic acid groups (broad SMARTS) is 1. The van der Waals surface area contributed by atoms with Crippen molar-refractivity contribution in [2.24, 2.45) is 11.7 Å². The number of ether oxygens (including phenoxy) is 1. The summed E-state index contributed by atoms with van der Waals surface area (Å²) in [5, 5.41) is 9.53. The Bertz CT molecular complexity index is 902. The summed E-state index contributed by atoms with van der Waals surface area (Å²) in [7, 11) is 0. The quantitative estimate of drug-likeness (QED) is 0.443. The monoisotopic (exact) mass is 350 g/mol. The van der Waals surface area contributed by atoms with Gasteiger partial charge in [0.25, 0.3) is 0 Å². The third kappa shape index (κ3) is 3.22. The van der Waals surface area contributed by atoms with Gasteiger partial charge < -0.3 is 21.3 Å². The number of nitrogen functional groups attached to an aromatic ring is 1. The van der Waals surface area contributed by atoms with Crippen LogP contribution in [0.4, 0.5) is 5.69 Å². The molecular weight excluding hydrogens is 332 g/mol. The molecule has 0 amide bonds. The molecule has 0 radical (unpaired) electrons. The molecule has 132 valence electrons. The van der Waals surface area contributed by atoms with Gasteiger partial charge in [0, 0.05) is 11.3 Å². The minimum atomic E-state index is -1.33. The van der Waals surface area contributed by atoms with Gasteiger partial charge in [-0.2, -0.15) is 0 Å². The van der Waals surface area contributed by atoms with Crippen LogP contribution >= 0.6 is 0 Å². The fourth-order valence-electron chi connectivity index (χ4n) is 2.89. The first-order valence-corrected chi connectivity index (χ1v) is 7.97. The number of esters is 1. The smallest absolute Gasteiger partial charge is 0.343 e. The molecule has 26 heavy (non-hydrogen) atoms. The molecule has 0 saturated carbocycles. The van der Waals surface area contributed by atoms with Gasteiger partial charge in [0.2, 0.25) is 0 Å². The number of carboxylic acids is 1. The number of carbonyl (C=O) groups excluding carboxylic acids is 1. The van der Waals surface area contributed by atoms with Crippen molar-refractivity contribution in [3.63, 3.8) is 0 Å². The summed E-state index contributed by atoms with van der Waals surface area (Å²) in [5.41, 5.74) is 12.0. The van der Waals surface area contributed by atoms with E-state index in [1.807, 2.05) is 0 Å². The molecule has 1 aliphatic carbocycles. The molecule has 2 atom stereocenters. The van der Waals surface area contributed by atoms with E-state index in [0.29, 0.717) is 16.8 Å². The predicted molar refractivity (Wildman–Crippen MR) is 97.5 cm³/mol. The van der Waals surface area contributed by atoms with Crippen LogP contribution in [0.15, 0.2) is 72.8 Å². The number of rotatable bonds is 4. The molecule has 2 aromatic rings. The lowest BCUT2D eigenvalue weighted by molar-refractivity contribution is -0.141. The molecule has 1 aliphatic rings. The standard InChI is InChI=1S/C20H18N2O4/c21-14-10-8-13(9-11-14)19(25)26-17-7-2-1-5-15(17)20(22)12-4-3-6-16(20)18(23)24/h1-12,16H,21-22H2,(H,23,24). The molecule has 6 nitrogen and oxygen atoms in total. The van der Waals surface area contributed by atoms with Gasteiger partial charge in [-0.25, -0.2) is 4.79 Å². The topological polar surface area (TPSA) is 116 Å². The summed E-state index contributed by atoms with van der Waals surface area (Å²) >= 11 is 0. The van der Waals surface area contributed by atoms with Gasteiger partial charge in [0.05, 0.1) is 11.1 Å². The zero-order chi connectivity index (χ0) is 18.7. The highest BCUT2D eigenvalue weighted by Gasteiger charge is 2.41. The summed E-state index contributed by atoms with van der Waals surface area (Å²) < 4.78 is 5.51. The van der Waals surface area contributed by atoms with E-state index in [0.717, 1.165) is 0 Å². The van der Waals surface area contributed by atoms with Crippen LogP contribution in [0.3, 0.4) is 0 Å². The van der Waals surface area contributed by atoms with Crippen molar-refractivity contribution in [1.82, 2.24) is 0 Å². The Labute approximate surface area is 150 Å².